The van der Waals surface area contributed by atoms with E-state index < -0.39 is 5.60 Å². The van der Waals surface area contributed by atoms with Crippen LogP contribution in [0, 0.1) is 6.92 Å². The largest absolute Gasteiger partial charge is 0.388 e. The fourth-order valence-electron chi connectivity index (χ4n) is 3.29. The number of H-pyrrole nitrogens is 1. The monoisotopic (exact) mass is 339 g/mol. The van der Waals surface area contributed by atoms with Crippen LogP contribution < -0.4 is 0 Å². The van der Waals surface area contributed by atoms with E-state index in [0.717, 1.165) is 25.5 Å². The number of aromatic nitrogens is 3. The number of amides is 1. The van der Waals surface area contributed by atoms with Crippen LogP contribution in [0.2, 0.25) is 0 Å². The predicted octanol–water partition coefficient (Wildman–Crippen LogP) is 0.655. The zero-order chi connectivity index (χ0) is 16.3. The number of piperidine rings is 1. The highest BCUT2D eigenvalue weighted by atomic mass is 32.2. The normalized spacial score (nSPS) is 21.7. The molecule has 0 saturated carbocycles. The molecule has 2 aliphatic heterocycles. The number of aryl methyl sites for hydroxylation is 1. The summed E-state index contributed by atoms with van der Waals surface area (Å²) >= 11 is 1.35. The molecule has 128 valence electrons. The van der Waals surface area contributed by atoms with Gasteiger partial charge < -0.3 is 14.9 Å². The molecule has 2 N–H and O–H groups in total. The lowest BCUT2D eigenvalue weighted by molar-refractivity contribution is -0.133. The van der Waals surface area contributed by atoms with E-state index in [1.807, 2.05) is 11.8 Å². The van der Waals surface area contributed by atoms with Gasteiger partial charge in [-0.2, -0.15) is 0 Å². The number of rotatable bonds is 5. The predicted molar refractivity (Wildman–Crippen MR) is 88.3 cm³/mol. The van der Waals surface area contributed by atoms with E-state index in [0.29, 0.717) is 36.8 Å². The van der Waals surface area contributed by atoms with Gasteiger partial charge in [0, 0.05) is 19.6 Å². The van der Waals surface area contributed by atoms with Gasteiger partial charge in [0.2, 0.25) is 11.1 Å². The Balaban J connectivity index is 1.43. The van der Waals surface area contributed by atoms with Crippen LogP contribution in [-0.2, 0) is 4.79 Å². The Morgan fingerprint density at radius 2 is 2.00 bits per heavy atom. The van der Waals surface area contributed by atoms with Gasteiger partial charge in [0.1, 0.15) is 5.82 Å². The van der Waals surface area contributed by atoms with Crippen molar-refractivity contribution in [2.24, 2.45) is 0 Å². The third-order valence-corrected chi connectivity index (χ3v) is 5.50. The van der Waals surface area contributed by atoms with Crippen molar-refractivity contribution in [3.8, 4) is 0 Å². The van der Waals surface area contributed by atoms with E-state index in [-0.39, 0.29) is 5.91 Å². The summed E-state index contributed by atoms with van der Waals surface area (Å²) < 4.78 is 0. The summed E-state index contributed by atoms with van der Waals surface area (Å²) in [5.74, 6) is 1.20. The fourth-order valence-corrected chi connectivity index (χ4v) is 4.04. The van der Waals surface area contributed by atoms with Crippen molar-refractivity contribution in [3.63, 3.8) is 0 Å². The molecule has 1 aromatic heterocycles. The fraction of sp³-hybridized carbons (Fsp3) is 0.800. The average Bonchev–Trinajstić information content (AvgIpc) is 3.17. The van der Waals surface area contributed by atoms with E-state index in [4.69, 9.17) is 0 Å². The molecule has 2 aliphatic rings. The van der Waals surface area contributed by atoms with Gasteiger partial charge in [-0.15, -0.1) is 5.10 Å². The number of likely N-dealkylation sites (tertiary alicyclic amines) is 2. The van der Waals surface area contributed by atoms with Gasteiger partial charge in [-0.05, 0) is 45.7 Å². The number of thioether (sulfide) groups is 1. The number of β-amino-alcohol motifs (C(OH)–C–C–N with tert-alkyl or cyclic N) is 1. The van der Waals surface area contributed by atoms with Gasteiger partial charge in [-0.1, -0.05) is 11.8 Å². The van der Waals surface area contributed by atoms with Gasteiger partial charge >= 0.3 is 0 Å². The van der Waals surface area contributed by atoms with Crippen LogP contribution in [0.4, 0.5) is 0 Å². The Morgan fingerprint density at radius 1 is 1.30 bits per heavy atom. The highest BCUT2D eigenvalue weighted by molar-refractivity contribution is 7.99. The van der Waals surface area contributed by atoms with Crippen molar-refractivity contribution in [2.75, 3.05) is 38.5 Å². The molecule has 23 heavy (non-hydrogen) atoms. The average molecular weight is 339 g/mol. The van der Waals surface area contributed by atoms with Crippen LogP contribution >= 0.6 is 11.8 Å². The van der Waals surface area contributed by atoms with E-state index >= 15 is 0 Å². The van der Waals surface area contributed by atoms with Crippen LogP contribution in [0.5, 0.6) is 0 Å². The molecule has 1 amide bonds. The number of carbonyl (C=O) groups excluding carboxylic acids is 1. The van der Waals surface area contributed by atoms with Crippen LogP contribution in [0.15, 0.2) is 5.16 Å². The van der Waals surface area contributed by atoms with Gasteiger partial charge in [-0.3, -0.25) is 9.89 Å². The number of nitrogens with zero attached hydrogens (tertiary/aromatic N) is 4. The smallest absolute Gasteiger partial charge is 0.233 e. The lowest BCUT2D eigenvalue weighted by Crippen LogP contribution is -2.52. The molecule has 0 bridgehead atoms. The lowest BCUT2D eigenvalue weighted by atomic mass is 9.91. The summed E-state index contributed by atoms with van der Waals surface area (Å²) in [7, 11) is 0. The number of nitrogens with one attached hydrogen (secondary N) is 1. The molecule has 3 heterocycles. The SMILES string of the molecule is Cc1nc(SCC(=O)N2CCC(O)(CN3CCCC3)CC2)n[nH]1. The maximum atomic E-state index is 12.3. The summed E-state index contributed by atoms with van der Waals surface area (Å²) in [6, 6.07) is 0. The summed E-state index contributed by atoms with van der Waals surface area (Å²) in [5.41, 5.74) is -0.630. The van der Waals surface area contributed by atoms with Crippen molar-refractivity contribution >= 4 is 17.7 Å². The lowest BCUT2D eigenvalue weighted by Gasteiger charge is -2.40. The molecule has 3 rings (SSSR count). The molecule has 0 spiro atoms. The summed E-state index contributed by atoms with van der Waals surface area (Å²) in [4.78, 5) is 20.7. The highest BCUT2D eigenvalue weighted by Crippen LogP contribution is 2.25. The summed E-state index contributed by atoms with van der Waals surface area (Å²) in [6.07, 6.45) is 3.80. The number of aromatic amines is 1. The molecule has 0 aromatic carbocycles. The van der Waals surface area contributed by atoms with Crippen molar-refractivity contribution in [3.05, 3.63) is 5.82 Å². The summed E-state index contributed by atoms with van der Waals surface area (Å²) in [5, 5.41) is 18.1. The van der Waals surface area contributed by atoms with Gasteiger partial charge in [0.05, 0.1) is 11.4 Å². The van der Waals surface area contributed by atoms with E-state index in [2.05, 4.69) is 20.1 Å². The Labute approximate surface area is 140 Å². The highest BCUT2D eigenvalue weighted by Gasteiger charge is 2.35. The Bertz CT molecular complexity index is 536. The van der Waals surface area contributed by atoms with Crippen LogP contribution in [0.25, 0.3) is 0 Å². The standard InChI is InChI=1S/C15H25N5O2S/c1-12-16-14(18-17-12)23-10-13(21)20-8-4-15(22,5-9-20)11-19-6-2-3-7-19/h22H,2-11H2,1H3,(H,16,17,18). The van der Waals surface area contributed by atoms with Crippen molar-refractivity contribution in [1.82, 2.24) is 25.0 Å². The molecule has 8 heteroatoms. The second kappa shape index (κ2) is 7.19. The Morgan fingerprint density at radius 3 is 2.61 bits per heavy atom. The van der Waals surface area contributed by atoms with Gasteiger partial charge in [0.15, 0.2) is 0 Å². The maximum absolute atomic E-state index is 12.3. The zero-order valence-electron chi connectivity index (χ0n) is 13.6. The van der Waals surface area contributed by atoms with Crippen LogP contribution in [0.1, 0.15) is 31.5 Å². The van der Waals surface area contributed by atoms with Gasteiger partial charge in [0.25, 0.3) is 0 Å². The Kier molecular flexibility index (Phi) is 5.23. The second-order valence-electron chi connectivity index (χ2n) is 6.58. The van der Waals surface area contributed by atoms with E-state index in [1.54, 1.807) is 0 Å². The number of aliphatic hydroxyl groups is 1. The Hall–Kier alpha value is -1.12. The van der Waals surface area contributed by atoms with Crippen LogP contribution in [0.3, 0.4) is 0 Å². The minimum atomic E-state index is -0.630. The van der Waals surface area contributed by atoms with Crippen molar-refractivity contribution < 1.29 is 9.90 Å². The molecule has 1 aromatic rings. The number of carbonyl (C=O) groups is 1. The van der Waals surface area contributed by atoms with Gasteiger partial charge in [-0.25, -0.2) is 4.98 Å². The number of hydrogen-bond donors (Lipinski definition) is 2. The first kappa shape index (κ1) is 16.7. The third kappa shape index (κ3) is 4.45. The second-order valence-corrected chi connectivity index (χ2v) is 7.52. The quantitative estimate of drug-likeness (QED) is 0.767. The van der Waals surface area contributed by atoms with Crippen LogP contribution in [-0.4, -0.2) is 80.1 Å². The van der Waals surface area contributed by atoms with Crippen molar-refractivity contribution in [1.29, 1.82) is 0 Å². The molecule has 7 nitrogen and oxygen atoms in total. The summed E-state index contributed by atoms with van der Waals surface area (Å²) in [6.45, 7) is 6.05. The molecule has 0 unspecified atom stereocenters. The first-order chi connectivity index (χ1) is 11.0. The first-order valence-corrected chi connectivity index (χ1v) is 9.27. The van der Waals surface area contributed by atoms with E-state index in [9.17, 15) is 9.90 Å². The molecule has 0 atom stereocenters. The molecular formula is C15H25N5O2S. The molecular weight excluding hydrogens is 314 g/mol. The van der Waals surface area contributed by atoms with Crippen molar-refractivity contribution in [2.45, 2.75) is 43.4 Å². The molecule has 0 radical (unpaired) electrons. The maximum Gasteiger partial charge on any atom is 0.233 e. The number of hydrogen-bond acceptors (Lipinski definition) is 6. The first-order valence-electron chi connectivity index (χ1n) is 8.28. The minimum absolute atomic E-state index is 0.0978. The molecule has 0 aliphatic carbocycles. The topological polar surface area (TPSA) is 85.3 Å². The zero-order valence-corrected chi connectivity index (χ0v) is 14.4. The van der Waals surface area contributed by atoms with E-state index in [1.165, 1.54) is 24.6 Å². The molecule has 2 saturated heterocycles. The minimum Gasteiger partial charge on any atom is -0.388 e. The third-order valence-electron chi connectivity index (χ3n) is 4.66. The molecule has 2 fully saturated rings.